The lowest BCUT2D eigenvalue weighted by Crippen LogP contribution is -2.47. The molecule has 1 aliphatic heterocycles. The van der Waals surface area contributed by atoms with Crippen molar-refractivity contribution in [1.82, 2.24) is 0 Å². The van der Waals surface area contributed by atoms with Crippen LogP contribution in [0.1, 0.15) is 73.9 Å². The Bertz CT molecular complexity index is 1090. The number of benzene rings is 2. The van der Waals surface area contributed by atoms with Gasteiger partial charge in [0.15, 0.2) is 11.6 Å². The first-order valence-electron chi connectivity index (χ1n) is 10.6. The second-order valence-electron chi connectivity index (χ2n) is 8.56. The highest BCUT2D eigenvalue weighted by atomic mass is 16.5. The van der Waals surface area contributed by atoms with Crippen LogP contribution in [0.3, 0.4) is 0 Å². The summed E-state index contributed by atoms with van der Waals surface area (Å²) in [5.41, 5.74) is 3.14. The highest BCUT2D eigenvalue weighted by Crippen LogP contribution is 2.43. The van der Waals surface area contributed by atoms with E-state index in [1.165, 1.54) is 12.1 Å². The lowest BCUT2D eigenvalue weighted by molar-refractivity contribution is -0.181. The predicted octanol–water partition coefficient (Wildman–Crippen LogP) is 1.59. The topological polar surface area (TPSA) is 124 Å². The normalized spacial score (nSPS) is 27.5. The van der Waals surface area contributed by atoms with Crippen LogP contribution in [-0.4, -0.2) is 56.9 Å². The van der Waals surface area contributed by atoms with Crippen LogP contribution >= 0.6 is 0 Å². The molecule has 31 heavy (non-hydrogen) atoms. The van der Waals surface area contributed by atoms with Gasteiger partial charge in [0.1, 0.15) is 18.0 Å². The van der Waals surface area contributed by atoms with Crippen molar-refractivity contribution in [2.75, 3.05) is 6.61 Å². The van der Waals surface area contributed by atoms with Crippen molar-refractivity contribution in [3.05, 3.63) is 63.2 Å². The van der Waals surface area contributed by atoms with E-state index in [2.05, 4.69) is 0 Å². The van der Waals surface area contributed by atoms with E-state index in [4.69, 9.17) is 4.74 Å². The molecule has 2 aliphatic carbocycles. The third kappa shape index (κ3) is 3.03. The molecule has 4 atom stereocenters. The van der Waals surface area contributed by atoms with Gasteiger partial charge < -0.3 is 25.2 Å². The van der Waals surface area contributed by atoms with E-state index in [1.807, 2.05) is 6.07 Å². The maximum Gasteiger partial charge on any atom is 0.198 e. The second-order valence-corrected chi connectivity index (χ2v) is 8.56. The molecule has 1 heterocycles. The van der Waals surface area contributed by atoms with Crippen molar-refractivity contribution in [3.63, 3.8) is 0 Å². The quantitative estimate of drug-likeness (QED) is 0.492. The summed E-state index contributed by atoms with van der Waals surface area (Å²) in [6.45, 7) is -0.504. The number of hydrogen-bond acceptors (Lipinski definition) is 7. The molecule has 1 saturated heterocycles. The predicted molar refractivity (Wildman–Crippen MR) is 109 cm³/mol. The van der Waals surface area contributed by atoms with E-state index < -0.39 is 36.8 Å². The largest absolute Gasteiger partial charge is 0.507 e. The van der Waals surface area contributed by atoms with Crippen LogP contribution in [-0.2, 0) is 17.6 Å². The van der Waals surface area contributed by atoms with Crippen LogP contribution in [0.25, 0.3) is 0 Å². The van der Waals surface area contributed by atoms with Gasteiger partial charge in [0.25, 0.3) is 0 Å². The van der Waals surface area contributed by atoms with Gasteiger partial charge in [0.2, 0.25) is 0 Å². The minimum Gasteiger partial charge on any atom is -0.507 e. The number of aryl methyl sites for hydroxylation is 1. The van der Waals surface area contributed by atoms with E-state index in [-0.39, 0.29) is 34.6 Å². The summed E-state index contributed by atoms with van der Waals surface area (Å²) in [5.74, 6) is -1.03. The molecule has 4 N–H and O–H groups in total. The SMILES string of the molecule is O=C1c2ccc3c(c2C(=O)c2ccc([C@H]4C[C@@H](O)[C@H](O)[C@@H](CO)O4)c(O)c21)CCCC3. The Morgan fingerprint density at radius 1 is 0.935 bits per heavy atom. The Morgan fingerprint density at radius 2 is 1.61 bits per heavy atom. The first-order valence-corrected chi connectivity index (χ1v) is 10.6. The molecule has 162 valence electrons. The lowest BCUT2D eigenvalue weighted by atomic mass is 9.76. The van der Waals surface area contributed by atoms with E-state index >= 15 is 0 Å². The van der Waals surface area contributed by atoms with Crippen LogP contribution in [0.4, 0.5) is 0 Å². The number of aliphatic hydroxyl groups is 3. The van der Waals surface area contributed by atoms with Crippen molar-refractivity contribution in [1.29, 1.82) is 0 Å². The maximum absolute atomic E-state index is 13.4. The van der Waals surface area contributed by atoms with Gasteiger partial charge in [-0.3, -0.25) is 9.59 Å². The van der Waals surface area contributed by atoms with E-state index in [0.717, 1.165) is 36.8 Å². The summed E-state index contributed by atoms with van der Waals surface area (Å²) in [6.07, 6.45) is -0.598. The Hall–Kier alpha value is -2.58. The number of rotatable bonds is 2. The van der Waals surface area contributed by atoms with Crippen LogP contribution in [0.5, 0.6) is 5.75 Å². The maximum atomic E-state index is 13.4. The molecule has 0 unspecified atom stereocenters. The number of carbonyl (C=O) groups is 2. The van der Waals surface area contributed by atoms with Crippen LogP contribution in [0, 0.1) is 0 Å². The summed E-state index contributed by atoms with van der Waals surface area (Å²) >= 11 is 0. The highest BCUT2D eigenvalue weighted by Gasteiger charge is 2.40. The molecule has 0 radical (unpaired) electrons. The van der Waals surface area contributed by atoms with Crippen LogP contribution in [0.2, 0.25) is 0 Å². The fourth-order valence-corrected chi connectivity index (χ4v) is 5.14. The molecule has 0 spiro atoms. The standard InChI is InChI=1S/C24H24O7/c25-10-18-24(30)16(26)9-17(31-18)13-7-8-15-20(21(13)27)23(29)14-6-5-11-3-1-2-4-12(11)19(14)22(15)28/h5-8,16-18,24-27,30H,1-4,9-10H2/t16-,17-,18-,24+/m1/s1. The number of phenols is 1. The van der Waals surface area contributed by atoms with Gasteiger partial charge in [-0.25, -0.2) is 0 Å². The number of ketones is 2. The second kappa shape index (κ2) is 7.53. The highest BCUT2D eigenvalue weighted by molar-refractivity contribution is 6.30. The zero-order valence-corrected chi connectivity index (χ0v) is 16.9. The summed E-state index contributed by atoms with van der Waals surface area (Å²) in [6, 6.07) is 6.61. The molecule has 3 aliphatic rings. The van der Waals surface area contributed by atoms with Gasteiger partial charge in [-0.2, -0.15) is 0 Å². The Morgan fingerprint density at radius 3 is 2.39 bits per heavy atom. The molecular formula is C24H24O7. The molecule has 0 bridgehead atoms. The molecule has 0 aromatic heterocycles. The summed E-state index contributed by atoms with van der Waals surface area (Å²) < 4.78 is 5.67. The monoisotopic (exact) mass is 424 g/mol. The summed E-state index contributed by atoms with van der Waals surface area (Å²) in [4.78, 5) is 26.7. The van der Waals surface area contributed by atoms with Gasteiger partial charge in [-0.05, 0) is 48.9 Å². The first kappa shape index (κ1) is 20.3. The lowest BCUT2D eigenvalue weighted by Gasteiger charge is -2.37. The zero-order valence-electron chi connectivity index (χ0n) is 16.9. The number of ether oxygens (including phenoxy) is 1. The molecular weight excluding hydrogens is 400 g/mol. The molecule has 2 aromatic rings. The fraction of sp³-hybridized carbons (Fsp3) is 0.417. The number of aliphatic hydroxyl groups excluding tert-OH is 3. The smallest absolute Gasteiger partial charge is 0.198 e. The Labute approximate surface area is 178 Å². The van der Waals surface area contributed by atoms with Gasteiger partial charge in [0, 0.05) is 28.7 Å². The average molecular weight is 424 g/mol. The zero-order chi connectivity index (χ0) is 21.9. The van der Waals surface area contributed by atoms with Gasteiger partial charge >= 0.3 is 0 Å². The Kier molecular flexibility index (Phi) is 4.94. The van der Waals surface area contributed by atoms with Crippen LogP contribution in [0.15, 0.2) is 24.3 Å². The Balaban J connectivity index is 1.59. The van der Waals surface area contributed by atoms with Crippen LogP contribution < -0.4 is 0 Å². The number of carbonyl (C=O) groups excluding carboxylic acids is 2. The van der Waals surface area contributed by atoms with Crippen molar-refractivity contribution < 1.29 is 34.8 Å². The fourth-order valence-electron chi connectivity index (χ4n) is 5.14. The van der Waals surface area contributed by atoms with E-state index in [9.17, 15) is 30.0 Å². The third-order valence-electron chi connectivity index (χ3n) is 6.78. The number of fused-ring (bicyclic) bond motifs is 4. The summed E-state index contributed by atoms with van der Waals surface area (Å²) in [7, 11) is 0. The molecule has 0 amide bonds. The van der Waals surface area contributed by atoms with Crippen molar-refractivity contribution in [3.8, 4) is 5.75 Å². The van der Waals surface area contributed by atoms with Gasteiger partial charge in [-0.1, -0.05) is 12.1 Å². The number of phenolic OH excluding ortho intramolecular Hbond substituents is 1. The van der Waals surface area contributed by atoms with Crippen molar-refractivity contribution >= 4 is 11.6 Å². The third-order valence-corrected chi connectivity index (χ3v) is 6.78. The van der Waals surface area contributed by atoms with E-state index in [0.29, 0.717) is 11.1 Å². The minimum absolute atomic E-state index is 0.0176. The summed E-state index contributed by atoms with van der Waals surface area (Å²) in [5, 5.41) is 40.5. The van der Waals surface area contributed by atoms with E-state index in [1.54, 1.807) is 6.07 Å². The first-order chi connectivity index (χ1) is 14.9. The molecule has 7 nitrogen and oxygen atoms in total. The van der Waals surface area contributed by atoms with Gasteiger partial charge in [-0.15, -0.1) is 0 Å². The average Bonchev–Trinajstić information content (AvgIpc) is 2.78. The molecule has 0 saturated carbocycles. The van der Waals surface area contributed by atoms with Crippen molar-refractivity contribution in [2.24, 2.45) is 0 Å². The number of aromatic hydroxyl groups is 1. The number of hydrogen-bond donors (Lipinski definition) is 4. The van der Waals surface area contributed by atoms with Crippen molar-refractivity contribution in [2.45, 2.75) is 56.5 Å². The minimum atomic E-state index is -1.25. The molecule has 1 fully saturated rings. The molecule has 2 aromatic carbocycles. The molecule has 5 rings (SSSR count). The molecule has 7 heteroatoms. The van der Waals surface area contributed by atoms with Gasteiger partial charge in [0.05, 0.1) is 24.4 Å².